The molecule has 1 N–H and O–H groups in total. The molecule has 20 heavy (non-hydrogen) atoms. The molecule has 2 rings (SSSR count). The van der Waals surface area contributed by atoms with Gasteiger partial charge < -0.3 is 19.6 Å². The van der Waals surface area contributed by atoms with Crippen molar-refractivity contribution in [1.82, 2.24) is 9.80 Å². The van der Waals surface area contributed by atoms with Crippen molar-refractivity contribution in [2.75, 3.05) is 19.7 Å². The third kappa shape index (κ3) is 3.06. The summed E-state index contributed by atoms with van der Waals surface area (Å²) in [6, 6.07) is 0.0646. The van der Waals surface area contributed by atoms with Crippen LogP contribution in [0.2, 0.25) is 0 Å². The van der Waals surface area contributed by atoms with E-state index in [2.05, 4.69) is 0 Å². The molecule has 6 nitrogen and oxygen atoms in total. The number of hydrogen-bond acceptors (Lipinski definition) is 3. The summed E-state index contributed by atoms with van der Waals surface area (Å²) in [6.45, 7) is 7.57. The van der Waals surface area contributed by atoms with E-state index in [0.29, 0.717) is 32.5 Å². The molecule has 0 saturated carbocycles. The first kappa shape index (κ1) is 15.1. The predicted molar refractivity (Wildman–Crippen MR) is 73.5 cm³/mol. The lowest BCUT2D eigenvalue weighted by Crippen LogP contribution is -2.58. The van der Waals surface area contributed by atoms with E-state index < -0.39 is 5.97 Å². The normalized spacial score (nSPS) is 35.0. The van der Waals surface area contributed by atoms with Crippen LogP contribution < -0.4 is 0 Å². The largest absolute Gasteiger partial charge is 0.481 e. The summed E-state index contributed by atoms with van der Waals surface area (Å²) in [6.07, 6.45) is 1.14. The quantitative estimate of drug-likeness (QED) is 0.790. The molecule has 0 bridgehead atoms. The highest BCUT2D eigenvalue weighted by Gasteiger charge is 2.37. The van der Waals surface area contributed by atoms with Crippen LogP contribution in [0.1, 0.15) is 33.6 Å². The number of carbonyl (C=O) groups excluding carboxylic acids is 1. The van der Waals surface area contributed by atoms with Gasteiger partial charge in [0.15, 0.2) is 0 Å². The number of carboxylic acids is 1. The van der Waals surface area contributed by atoms with E-state index in [0.717, 1.165) is 0 Å². The Morgan fingerprint density at radius 2 is 1.85 bits per heavy atom. The summed E-state index contributed by atoms with van der Waals surface area (Å²) in [7, 11) is 0. The van der Waals surface area contributed by atoms with Crippen molar-refractivity contribution >= 4 is 12.0 Å². The van der Waals surface area contributed by atoms with Gasteiger partial charge in [0.1, 0.15) is 0 Å². The zero-order valence-corrected chi connectivity index (χ0v) is 12.4. The fourth-order valence-electron chi connectivity index (χ4n) is 3.02. The van der Waals surface area contributed by atoms with Gasteiger partial charge >= 0.3 is 12.0 Å². The maximum absolute atomic E-state index is 12.6. The average molecular weight is 284 g/mol. The Kier molecular flexibility index (Phi) is 4.52. The minimum atomic E-state index is -0.752. The molecule has 2 heterocycles. The van der Waals surface area contributed by atoms with Crippen molar-refractivity contribution in [3.63, 3.8) is 0 Å². The van der Waals surface area contributed by atoms with E-state index in [9.17, 15) is 9.59 Å². The molecule has 4 unspecified atom stereocenters. The highest BCUT2D eigenvalue weighted by molar-refractivity contribution is 5.76. The van der Waals surface area contributed by atoms with Gasteiger partial charge in [-0.3, -0.25) is 4.79 Å². The molecule has 0 spiro atoms. The summed E-state index contributed by atoms with van der Waals surface area (Å²) in [5.74, 6) is -1.08. The van der Waals surface area contributed by atoms with Crippen LogP contribution in [-0.2, 0) is 9.53 Å². The Hall–Kier alpha value is -1.30. The zero-order valence-electron chi connectivity index (χ0n) is 12.4. The second kappa shape index (κ2) is 5.99. The van der Waals surface area contributed by atoms with Crippen LogP contribution in [0, 0.1) is 5.92 Å². The number of carboxylic acid groups (broad SMARTS) is 1. The van der Waals surface area contributed by atoms with Crippen LogP contribution in [0.5, 0.6) is 0 Å². The monoisotopic (exact) mass is 284 g/mol. The lowest BCUT2D eigenvalue weighted by Gasteiger charge is -2.43. The van der Waals surface area contributed by atoms with Gasteiger partial charge in [-0.15, -0.1) is 0 Å². The number of hydrogen-bond donors (Lipinski definition) is 1. The highest BCUT2D eigenvalue weighted by atomic mass is 16.5. The summed E-state index contributed by atoms with van der Waals surface area (Å²) >= 11 is 0. The molecule has 2 amide bonds. The fourth-order valence-corrected chi connectivity index (χ4v) is 3.02. The van der Waals surface area contributed by atoms with Crippen molar-refractivity contribution in [3.8, 4) is 0 Å². The van der Waals surface area contributed by atoms with Crippen molar-refractivity contribution in [1.29, 1.82) is 0 Å². The third-order valence-electron chi connectivity index (χ3n) is 4.32. The summed E-state index contributed by atoms with van der Waals surface area (Å²) in [4.78, 5) is 27.4. The lowest BCUT2D eigenvalue weighted by atomic mass is 9.92. The Morgan fingerprint density at radius 1 is 1.15 bits per heavy atom. The molecule has 0 aromatic carbocycles. The molecule has 2 saturated heterocycles. The number of rotatable bonds is 1. The van der Waals surface area contributed by atoms with Crippen LogP contribution in [0.3, 0.4) is 0 Å². The summed E-state index contributed by atoms with van der Waals surface area (Å²) in [5, 5.41) is 9.08. The van der Waals surface area contributed by atoms with Crippen molar-refractivity contribution in [3.05, 3.63) is 0 Å². The number of ether oxygens (including phenoxy) is 1. The molecule has 0 aliphatic carbocycles. The second-order valence-electron chi connectivity index (χ2n) is 6.03. The Morgan fingerprint density at radius 3 is 2.45 bits per heavy atom. The SMILES string of the molecule is CC1CN(C(=O)N2CCC(C(=O)O)CC2C)C(C)CO1. The van der Waals surface area contributed by atoms with Gasteiger partial charge in [0, 0.05) is 19.1 Å². The number of carbonyl (C=O) groups is 2. The van der Waals surface area contributed by atoms with Gasteiger partial charge in [-0.25, -0.2) is 4.79 Å². The van der Waals surface area contributed by atoms with E-state index in [1.165, 1.54) is 0 Å². The second-order valence-corrected chi connectivity index (χ2v) is 6.03. The van der Waals surface area contributed by atoms with Crippen LogP contribution in [0.15, 0.2) is 0 Å². The maximum atomic E-state index is 12.6. The van der Waals surface area contributed by atoms with Crippen molar-refractivity contribution in [2.45, 2.75) is 51.8 Å². The first-order valence-electron chi connectivity index (χ1n) is 7.31. The third-order valence-corrected chi connectivity index (χ3v) is 4.32. The molecule has 0 radical (unpaired) electrons. The van der Waals surface area contributed by atoms with Gasteiger partial charge in [-0.1, -0.05) is 0 Å². The number of nitrogens with zero attached hydrogens (tertiary/aromatic N) is 2. The van der Waals surface area contributed by atoms with Crippen molar-refractivity contribution in [2.24, 2.45) is 5.92 Å². The van der Waals surface area contributed by atoms with E-state index in [1.807, 2.05) is 30.6 Å². The first-order valence-corrected chi connectivity index (χ1v) is 7.31. The molecule has 114 valence electrons. The average Bonchev–Trinajstić information content (AvgIpc) is 2.40. The Labute approximate surface area is 119 Å². The minimum Gasteiger partial charge on any atom is -0.481 e. The van der Waals surface area contributed by atoms with E-state index in [1.54, 1.807) is 0 Å². The summed E-state index contributed by atoms with van der Waals surface area (Å²) < 4.78 is 5.54. The van der Waals surface area contributed by atoms with Gasteiger partial charge in [-0.05, 0) is 33.6 Å². The highest BCUT2D eigenvalue weighted by Crippen LogP contribution is 2.25. The van der Waals surface area contributed by atoms with Crippen LogP contribution in [0.25, 0.3) is 0 Å². The molecular weight excluding hydrogens is 260 g/mol. The number of likely N-dealkylation sites (tertiary alicyclic amines) is 1. The molecule has 0 aromatic rings. The molecule has 2 aliphatic heterocycles. The van der Waals surface area contributed by atoms with Gasteiger partial charge in [0.05, 0.1) is 24.7 Å². The van der Waals surface area contributed by atoms with Gasteiger partial charge in [0.25, 0.3) is 0 Å². The number of aliphatic carboxylic acids is 1. The zero-order chi connectivity index (χ0) is 14.9. The number of amides is 2. The fraction of sp³-hybridized carbons (Fsp3) is 0.857. The molecule has 6 heteroatoms. The molecule has 2 aliphatic rings. The Balaban J connectivity index is 2.00. The maximum Gasteiger partial charge on any atom is 0.320 e. The molecule has 4 atom stereocenters. The molecule has 2 fully saturated rings. The molecule has 0 aromatic heterocycles. The standard InChI is InChI=1S/C14H24N2O4/c1-9-6-12(13(17)18)4-5-15(9)14(19)16-7-11(3)20-8-10(16)2/h9-12H,4-8H2,1-3H3,(H,17,18). The molecular formula is C14H24N2O4. The minimum absolute atomic E-state index is 0.0176. The predicted octanol–water partition coefficient (Wildman–Crippen LogP) is 1.40. The van der Waals surface area contributed by atoms with Crippen molar-refractivity contribution < 1.29 is 19.4 Å². The Bertz CT molecular complexity index is 387. The van der Waals surface area contributed by atoms with Gasteiger partial charge in [-0.2, -0.15) is 0 Å². The smallest absolute Gasteiger partial charge is 0.320 e. The number of morpholine rings is 1. The van der Waals surface area contributed by atoms with Crippen LogP contribution >= 0.6 is 0 Å². The lowest BCUT2D eigenvalue weighted by molar-refractivity contribution is -0.143. The van der Waals surface area contributed by atoms with E-state index in [-0.39, 0.29) is 30.1 Å². The van der Waals surface area contributed by atoms with Crippen LogP contribution in [0.4, 0.5) is 4.79 Å². The van der Waals surface area contributed by atoms with Gasteiger partial charge in [0.2, 0.25) is 0 Å². The summed E-state index contributed by atoms with van der Waals surface area (Å²) in [5.41, 5.74) is 0. The van der Waals surface area contributed by atoms with Crippen LogP contribution in [-0.4, -0.2) is 64.8 Å². The first-order chi connectivity index (χ1) is 9.40. The topological polar surface area (TPSA) is 70.1 Å². The van der Waals surface area contributed by atoms with E-state index in [4.69, 9.17) is 9.84 Å². The number of piperidine rings is 1. The van der Waals surface area contributed by atoms with E-state index >= 15 is 0 Å². The number of urea groups is 1.